The molecule has 4 heterocycles. The Labute approximate surface area is 184 Å². The quantitative estimate of drug-likeness (QED) is 0.601. The van der Waals surface area contributed by atoms with Crippen molar-refractivity contribution in [3.63, 3.8) is 0 Å². The number of rotatable bonds is 5. The number of hydrogen-bond donors (Lipinski definition) is 1. The first kappa shape index (κ1) is 21.0. The number of carbonyl (C=O) groups excluding carboxylic acids is 2. The molecule has 162 valence electrons. The van der Waals surface area contributed by atoms with Crippen molar-refractivity contribution in [3.05, 3.63) is 40.7 Å². The highest BCUT2D eigenvalue weighted by molar-refractivity contribution is 7.20. The summed E-state index contributed by atoms with van der Waals surface area (Å²) in [5, 5.41) is 3.50. The van der Waals surface area contributed by atoms with Crippen molar-refractivity contribution < 1.29 is 14.3 Å². The maximum absolute atomic E-state index is 12.6. The first-order valence-corrected chi connectivity index (χ1v) is 10.8. The Bertz CT molecular complexity index is 1110. The van der Waals surface area contributed by atoms with Gasteiger partial charge in [0, 0.05) is 32.4 Å². The van der Waals surface area contributed by atoms with Crippen LogP contribution in [0.4, 0.5) is 11.6 Å². The second-order valence-electron chi connectivity index (χ2n) is 7.25. The van der Waals surface area contributed by atoms with Gasteiger partial charge < -0.3 is 19.9 Å². The van der Waals surface area contributed by atoms with Gasteiger partial charge in [-0.25, -0.2) is 15.0 Å². The van der Waals surface area contributed by atoms with E-state index in [4.69, 9.17) is 4.98 Å². The molecule has 0 radical (unpaired) electrons. The topological polar surface area (TPSA) is 101 Å². The average Bonchev–Trinajstić information content (AvgIpc) is 3.13. The first-order chi connectivity index (χ1) is 15.0. The molecule has 9 nitrogen and oxygen atoms in total. The predicted molar refractivity (Wildman–Crippen MR) is 120 cm³/mol. The minimum absolute atomic E-state index is 0.171. The Morgan fingerprint density at radius 2 is 1.87 bits per heavy atom. The molecule has 0 bridgehead atoms. The molecular formula is C21H24N6O3S. The number of ether oxygens (including phenoxy) is 1. The van der Waals surface area contributed by atoms with Gasteiger partial charge in [0.1, 0.15) is 28.8 Å². The fourth-order valence-electron chi connectivity index (χ4n) is 3.66. The molecule has 0 saturated carbocycles. The van der Waals surface area contributed by atoms with Crippen LogP contribution in [-0.4, -0.2) is 66.7 Å². The third-order valence-electron chi connectivity index (χ3n) is 5.26. The van der Waals surface area contributed by atoms with Crippen LogP contribution in [0.3, 0.4) is 0 Å². The summed E-state index contributed by atoms with van der Waals surface area (Å²) in [6, 6.07) is 5.93. The SMILES string of the molecule is COC(=O)CNC(=O)c1sc2nc(C)nc(N3CCN(c4ccccn4)CC3)c2c1C. The summed E-state index contributed by atoms with van der Waals surface area (Å²) in [5.74, 6) is 1.69. The highest BCUT2D eigenvalue weighted by atomic mass is 32.1. The lowest BCUT2D eigenvalue weighted by Gasteiger charge is -2.36. The molecule has 4 rings (SSSR count). The standard InChI is InChI=1S/C21H24N6O3S/c1-13-17-19(27-10-8-26(9-11-27)15-6-4-5-7-22-15)24-14(2)25-21(17)31-18(13)20(29)23-12-16(28)30-3/h4-7H,8-12H2,1-3H3,(H,23,29). The number of esters is 1. The number of pyridine rings is 1. The van der Waals surface area contributed by atoms with Crippen molar-refractivity contribution in [2.24, 2.45) is 0 Å². The molecule has 1 aliphatic rings. The molecule has 1 saturated heterocycles. The summed E-state index contributed by atoms with van der Waals surface area (Å²) < 4.78 is 4.59. The van der Waals surface area contributed by atoms with E-state index in [0.29, 0.717) is 10.7 Å². The normalized spacial score (nSPS) is 14.0. The number of piperazine rings is 1. The van der Waals surface area contributed by atoms with E-state index in [2.05, 4.69) is 29.8 Å². The second-order valence-corrected chi connectivity index (χ2v) is 8.25. The van der Waals surface area contributed by atoms with E-state index in [1.807, 2.05) is 32.0 Å². The Balaban J connectivity index is 1.59. The molecule has 0 aromatic carbocycles. The van der Waals surface area contributed by atoms with Gasteiger partial charge in [-0.2, -0.15) is 0 Å². The van der Waals surface area contributed by atoms with E-state index in [-0.39, 0.29) is 12.5 Å². The van der Waals surface area contributed by atoms with E-state index in [1.165, 1.54) is 18.4 Å². The van der Waals surface area contributed by atoms with Gasteiger partial charge in [-0.3, -0.25) is 9.59 Å². The Kier molecular flexibility index (Phi) is 5.99. The number of carbonyl (C=O) groups is 2. The number of hydrogen-bond acceptors (Lipinski definition) is 9. The molecule has 3 aromatic heterocycles. The lowest BCUT2D eigenvalue weighted by atomic mass is 10.1. The summed E-state index contributed by atoms with van der Waals surface area (Å²) in [6.07, 6.45) is 1.81. The third-order valence-corrected chi connectivity index (χ3v) is 6.45. The molecule has 1 N–H and O–H groups in total. The van der Waals surface area contributed by atoms with Crippen molar-refractivity contribution in [3.8, 4) is 0 Å². The number of anilines is 2. The number of methoxy groups -OCH3 is 1. The minimum atomic E-state index is -0.491. The zero-order chi connectivity index (χ0) is 22.0. The maximum atomic E-state index is 12.6. The van der Waals surface area contributed by atoms with Gasteiger partial charge in [0.25, 0.3) is 5.91 Å². The largest absolute Gasteiger partial charge is 0.468 e. The highest BCUT2D eigenvalue weighted by Crippen LogP contribution is 2.36. The van der Waals surface area contributed by atoms with E-state index in [0.717, 1.165) is 53.6 Å². The molecule has 3 aromatic rings. The molecule has 1 fully saturated rings. The monoisotopic (exact) mass is 440 g/mol. The summed E-state index contributed by atoms with van der Waals surface area (Å²) in [5.41, 5.74) is 0.824. The number of nitrogens with one attached hydrogen (secondary N) is 1. The van der Waals surface area contributed by atoms with Crippen LogP contribution < -0.4 is 15.1 Å². The molecule has 0 spiro atoms. The van der Waals surface area contributed by atoms with Crippen LogP contribution in [-0.2, 0) is 9.53 Å². The van der Waals surface area contributed by atoms with E-state index in [1.54, 1.807) is 6.20 Å². The van der Waals surface area contributed by atoms with Gasteiger partial charge in [0.05, 0.1) is 17.4 Å². The fraction of sp³-hybridized carbons (Fsp3) is 0.381. The van der Waals surface area contributed by atoms with Crippen molar-refractivity contribution in [2.45, 2.75) is 13.8 Å². The van der Waals surface area contributed by atoms with Gasteiger partial charge >= 0.3 is 5.97 Å². The molecule has 0 unspecified atom stereocenters. The lowest BCUT2D eigenvalue weighted by molar-refractivity contribution is -0.139. The molecular weight excluding hydrogens is 416 g/mol. The Morgan fingerprint density at radius 1 is 1.13 bits per heavy atom. The number of amides is 1. The zero-order valence-corrected chi connectivity index (χ0v) is 18.5. The number of fused-ring (bicyclic) bond motifs is 1. The Morgan fingerprint density at radius 3 is 2.55 bits per heavy atom. The summed E-state index contributed by atoms with van der Waals surface area (Å²) in [4.78, 5) is 43.5. The Hall–Kier alpha value is -3.27. The maximum Gasteiger partial charge on any atom is 0.325 e. The second kappa shape index (κ2) is 8.84. The van der Waals surface area contributed by atoms with Crippen molar-refractivity contribution in [2.75, 3.05) is 49.6 Å². The number of aryl methyl sites for hydroxylation is 2. The summed E-state index contributed by atoms with van der Waals surface area (Å²) in [7, 11) is 1.29. The van der Waals surface area contributed by atoms with Gasteiger partial charge in [0.2, 0.25) is 0 Å². The van der Waals surface area contributed by atoms with E-state index >= 15 is 0 Å². The molecule has 1 amide bonds. The molecule has 0 atom stereocenters. The lowest BCUT2D eigenvalue weighted by Crippen LogP contribution is -2.47. The smallest absolute Gasteiger partial charge is 0.325 e. The van der Waals surface area contributed by atoms with Gasteiger partial charge in [-0.05, 0) is 31.5 Å². The number of nitrogens with zero attached hydrogens (tertiary/aromatic N) is 5. The molecule has 1 aliphatic heterocycles. The van der Waals surface area contributed by atoms with Crippen molar-refractivity contribution in [1.29, 1.82) is 0 Å². The van der Waals surface area contributed by atoms with Crippen LogP contribution in [0.25, 0.3) is 10.2 Å². The fourth-order valence-corrected chi connectivity index (χ4v) is 4.80. The van der Waals surface area contributed by atoms with E-state index < -0.39 is 5.97 Å². The number of aromatic nitrogens is 3. The molecule has 31 heavy (non-hydrogen) atoms. The van der Waals surface area contributed by atoms with Crippen LogP contribution in [0.5, 0.6) is 0 Å². The van der Waals surface area contributed by atoms with Crippen LogP contribution in [0.1, 0.15) is 21.1 Å². The van der Waals surface area contributed by atoms with Crippen molar-refractivity contribution >= 4 is 45.1 Å². The predicted octanol–water partition coefficient (Wildman–Crippen LogP) is 1.93. The summed E-state index contributed by atoms with van der Waals surface area (Å²) in [6.45, 7) is 6.84. The van der Waals surface area contributed by atoms with Crippen LogP contribution in [0.2, 0.25) is 0 Å². The minimum Gasteiger partial charge on any atom is -0.468 e. The van der Waals surface area contributed by atoms with Gasteiger partial charge in [-0.15, -0.1) is 11.3 Å². The van der Waals surface area contributed by atoms with Crippen LogP contribution in [0, 0.1) is 13.8 Å². The van der Waals surface area contributed by atoms with Crippen LogP contribution >= 0.6 is 11.3 Å². The highest BCUT2D eigenvalue weighted by Gasteiger charge is 2.25. The van der Waals surface area contributed by atoms with Crippen LogP contribution in [0.15, 0.2) is 24.4 Å². The zero-order valence-electron chi connectivity index (χ0n) is 17.7. The van der Waals surface area contributed by atoms with Gasteiger partial charge in [-0.1, -0.05) is 6.07 Å². The van der Waals surface area contributed by atoms with E-state index in [9.17, 15) is 9.59 Å². The molecule has 0 aliphatic carbocycles. The number of thiophene rings is 1. The van der Waals surface area contributed by atoms with Crippen molar-refractivity contribution in [1.82, 2.24) is 20.3 Å². The molecule has 10 heteroatoms. The average molecular weight is 441 g/mol. The summed E-state index contributed by atoms with van der Waals surface area (Å²) >= 11 is 1.32. The van der Waals surface area contributed by atoms with Gasteiger partial charge in [0.15, 0.2) is 0 Å². The third kappa shape index (κ3) is 4.29. The first-order valence-electron chi connectivity index (χ1n) is 10.0.